The molecule has 0 spiro atoms. The van der Waals surface area contributed by atoms with Crippen molar-refractivity contribution in [2.24, 2.45) is 10.9 Å². The van der Waals surface area contributed by atoms with Gasteiger partial charge in [0.15, 0.2) is 5.84 Å². The normalized spacial score (nSPS) is 11.7. The van der Waals surface area contributed by atoms with Crippen LogP contribution in [0.4, 0.5) is 0 Å². The van der Waals surface area contributed by atoms with Crippen LogP contribution in [0.3, 0.4) is 0 Å². The van der Waals surface area contributed by atoms with Crippen LogP contribution in [0.1, 0.15) is 25.5 Å². The molecule has 0 amide bonds. The first-order valence-electron chi connectivity index (χ1n) is 4.85. The van der Waals surface area contributed by atoms with E-state index in [1.807, 2.05) is 12.1 Å². The number of aromatic nitrogens is 1. The Kier molecular flexibility index (Phi) is 4.97. The minimum Gasteiger partial charge on any atom is -0.409 e. The van der Waals surface area contributed by atoms with E-state index < -0.39 is 0 Å². The Labute approximate surface area is 93.6 Å². The second kappa shape index (κ2) is 6.29. The number of rotatable bonds is 5. The van der Waals surface area contributed by atoms with Gasteiger partial charge in [-0.25, -0.2) is 0 Å². The molecule has 1 heterocycles. The summed E-state index contributed by atoms with van der Waals surface area (Å²) in [6.45, 7) is 2.15. The van der Waals surface area contributed by atoms with Crippen LogP contribution in [0.5, 0.6) is 0 Å². The van der Waals surface area contributed by atoms with Gasteiger partial charge in [0.25, 0.3) is 0 Å². The molecule has 0 aliphatic heterocycles. The SMILES string of the molecule is CCCCSc1cccnc1/C(N)=N/O. The number of amidine groups is 1. The van der Waals surface area contributed by atoms with E-state index >= 15 is 0 Å². The number of unbranched alkanes of at least 4 members (excludes halogenated alkanes) is 1. The number of thioether (sulfide) groups is 1. The molecule has 0 aliphatic carbocycles. The minimum absolute atomic E-state index is 0.0644. The Hall–Kier alpha value is -1.23. The lowest BCUT2D eigenvalue weighted by Gasteiger charge is -2.05. The largest absolute Gasteiger partial charge is 0.409 e. The molecule has 0 saturated heterocycles. The van der Waals surface area contributed by atoms with Gasteiger partial charge >= 0.3 is 0 Å². The highest BCUT2D eigenvalue weighted by molar-refractivity contribution is 7.99. The highest BCUT2D eigenvalue weighted by atomic mass is 32.2. The first kappa shape index (κ1) is 11.8. The number of hydrogen-bond donors (Lipinski definition) is 2. The topological polar surface area (TPSA) is 71.5 Å². The zero-order chi connectivity index (χ0) is 11.1. The highest BCUT2D eigenvalue weighted by Gasteiger charge is 2.07. The molecular weight excluding hydrogens is 210 g/mol. The molecule has 3 N–H and O–H groups in total. The fourth-order valence-corrected chi connectivity index (χ4v) is 2.19. The van der Waals surface area contributed by atoms with Crippen molar-refractivity contribution in [3.63, 3.8) is 0 Å². The molecule has 0 radical (unpaired) electrons. The first-order chi connectivity index (χ1) is 7.29. The van der Waals surface area contributed by atoms with Gasteiger partial charge in [0, 0.05) is 11.1 Å². The van der Waals surface area contributed by atoms with E-state index in [4.69, 9.17) is 10.9 Å². The summed E-state index contributed by atoms with van der Waals surface area (Å²) >= 11 is 1.68. The predicted molar refractivity (Wildman–Crippen MR) is 62.4 cm³/mol. The summed E-state index contributed by atoms with van der Waals surface area (Å²) in [7, 11) is 0. The van der Waals surface area contributed by atoms with Crippen molar-refractivity contribution in [3.8, 4) is 0 Å². The lowest BCUT2D eigenvalue weighted by atomic mass is 10.3. The Balaban J connectivity index is 2.77. The Morgan fingerprint density at radius 1 is 1.67 bits per heavy atom. The summed E-state index contributed by atoms with van der Waals surface area (Å²) in [5.74, 6) is 1.09. The van der Waals surface area contributed by atoms with Gasteiger partial charge < -0.3 is 10.9 Å². The quantitative estimate of drug-likeness (QED) is 0.201. The van der Waals surface area contributed by atoms with Crippen molar-refractivity contribution >= 4 is 17.6 Å². The number of pyridine rings is 1. The fraction of sp³-hybridized carbons (Fsp3) is 0.400. The van der Waals surface area contributed by atoms with Gasteiger partial charge in [0.2, 0.25) is 0 Å². The molecule has 0 aromatic carbocycles. The molecule has 0 aliphatic rings. The molecule has 1 aromatic rings. The van der Waals surface area contributed by atoms with Crippen LogP contribution in [0.25, 0.3) is 0 Å². The van der Waals surface area contributed by atoms with Gasteiger partial charge in [-0.05, 0) is 24.3 Å². The van der Waals surface area contributed by atoms with E-state index in [9.17, 15) is 0 Å². The number of nitrogens with two attached hydrogens (primary N) is 1. The van der Waals surface area contributed by atoms with Crippen LogP contribution in [0.2, 0.25) is 0 Å². The molecular formula is C10H15N3OS. The molecule has 15 heavy (non-hydrogen) atoms. The summed E-state index contributed by atoms with van der Waals surface area (Å²) in [6, 6.07) is 3.78. The second-order valence-corrected chi connectivity index (χ2v) is 4.17. The van der Waals surface area contributed by atoms with Gasteiger partial charge in [-0.2, -0.15) is 0 Å². The maximum absolute atomic E-state index is 8.60. The fourth-order valence-electron chi connectivity index (χ4n) is 1.07. The van der Waals surface area contributed by atoms with E-state index in [1.165, 1.54) is 0 Å². The van der Waals surface area contributed by atoms with Gasteiger partial charge in [0.1, 0.15) is 5.69 Å². The number of hydrogen-bond acceptors (Lipinski definition) is 4. The molecule has 1 rings (SSSR count). The summed E-state index contributed by atoms with van der Waals surface area (Å²) in [5, 5.41) is 11.6. The zero-order valence-electron chi connectivity index (χ0n) is 8.68. The third-order valence-electron chi connectivity index (χ3n) is 1.88. The molecule has 0 saturated carbocycles. The minimum atomic E-state index is 0.0644. The van der Waals surface area contributed by atoms with Crippen molar-refractivity contribution < 1.29 is 5.21 Å². The lowest BCUT2D eigenvalue weighted by molar-refractivity contribution is 0.318. The average molecular weight is 225 g/mol. The van der Waals surface area contributed by atoms with Gasteiger partial charge in [0.05, 0.1) is 0 Å². The van der Waals surface area contributed by atoms with Crippen molar-refractivity contribution in [1.29, 1.82) is 0 Å². The third kappa shape index (κ3) is 3.43. The van der Waals surface area contributed by atoms with Crippen molar-refractivity contribution in [2.75, 3.05) is 5.75 Å². The smallest absolute Gasteiger partial charge is 0.189 e. The summed E-state index contributed by atoms with van der Waals surface area (Å²) in [5.41, 5.74) is 6.08. The van der Waals surface area contributed by atoms with Crippen molar-refractivity contribution in [3.05, 3.63) is 24.0 Å². The molecule has 0 unspecified atom stereocenters. The Morgan fingerprint density at radius 3 is 3.13 bits per heavy atom. The molecule has 82 valence electrons. The third-order valence-corrected chi connectivity index (χ3v) is 3.01. The molecule has 0 bridgehead atoms. The Morgan fingerprint density at radius 2 is 2.47 bits per heavy atom. The van der Waals surface area contributed by atoms with E-state index in [1.54, 1.807) is 18.0 Å². The van der Waals surface area contributed by atoms with Crippen LogP contribution in [-0.4, -0.2) is 21.8 Å². The van der Waals surface area contributed by atoms with E-state index in [-0.39, 0.29) is 5.84 Å². The molecule has 1 aromatic heterocycles. The molecule has 0 fully saturated rings. The second-order valence-electron chi connectivity index (χ2n) is 3.04. The van der Waals surface area contributed by atoms with E-state index in [2.05, 4.69) is 17.1 Å². The number of nitrogens with zero attached hydrogens (tertiary/aromatic N) is 2. The molecule has 4 nitrogen and oxygen atoms in total. The van der Waals surface area contributed by atoms with E-state index in [0.717, 1.165) is 23.5 Å². The zero-order valence-corrected chi connectivity index (χ0v) is 9.50. The summed E-state index contributed by atoms with van der Waals surface area (Å²) in [4.78, 5) is 5.05. The highest BCUT2D eigenvalue weighted by Crippen LogP contribution is 2.21. The Bertz CT molecular complexity index is 341. The maximum atomic E-state index is 8.60. The van der Waals surface area contributed by atoms with Crippen LogP contribution in [0, 0.1) is 0 Å². The van der Waals surface area contributed by atoms with Crippen LogP contribution >= 0.6 is 11.8 Å². The van der Waals surface area contributed by atoms with Crippen LogP contribution < -0.4 is 5.73 Å². The number of oxime groups is 1. The van der Waals surface area contributed by atoms with Crippen LogP contribution in [0.15, 0.2) is 28.4 Å². The maximum Gasteiger partial charge on any atom is 0.189 e. The van der Waals surface area contributed by atoms with Gasteiger partial charge in [-0.1, -0.05) is 18.5 Å². The van der Waals surface area contributed by atoms with Crippen LogP contribution in [-0.2, 0) is 0 Å². The first-order valence-corrected chi connectivity index (χ1v) is 5.83. The van der Waals surface area contributed by atoms with Gasteiger partial charge in [-0.15, -0.1) is 11.8 Å². The lowest BCUT2D eigenvalue weighted by Crippen LogP contribution is -2.16. The molecule has 0 atom stereocenters. The van der Waals surface area contributed by atoms with Crippen molar-refractivity contribution in [1.82, 2.24) is 4.98 Å². The average Bonchev–Trinajstić information content (AvgIpc) is 2.29. The van der Waals surface area contributed by atoms with Gasteiger partial charge in [-0.3, -0.25) is 4.98 Å². The van der Waals surface area contributed by atoms with Crippen molar-refractivity contribution in [2.45, 2.75) is 24.7 Å². The monoisotopic (exact) mass is 225 g/mol. The van der Waals surface area contributed by atoms with E-state index in [0.29, 0.717) is 5.69 Å². The summed E-state index contributed by atoms with van der Waals surface area (Å²) < 4.78 is 0. The summed E-state index contributed by atoms with van der Waals surface area (Å²) in [6.07, 6.45) is 3.94. The molecule has 5 heteroatoms. The predicted octanol–water partition coefficient (Wildman–Crippen LogP) is 2.07. The standard InChI is InChI=1S/C10H15N3OS/c1-2-3-7-15-8-5-4-6-12-9(8)10(11)13-14/h4-6,14H,2-3,7H2,1H3,(H2,11,13).